The molecular formula is C9H12ClNO2. The van der Waals surface area contributed by atoms with Crippen LogP contribution >= 0.6 is 12.4 Å². The van der Waals surface area contributed by atoms with Gasteiger partial charge in [0.1, 0.15) is 18.1 Å². The monoisotopic (exact) mass is 201 g/mol. The third-order valence-electron chi connectivity index (χ3n) is 1.90. The van der Waals surface area contributed by atoms with E-state index in [2.05, 4.69) is 5.32 Å². The largest absolute Gasteiger partial charge is 0.508 e. The highest BCUT2D eigenvalue weighted by atomic mass is 35.5. The zero-order valence-electron chi connectivity index (χ0n) is 7.12. The molecule has 1 aromatic rings. The number of phenolic OH excluding ortho intramolecular Hbond substituents is 1. The van der Waals surface area contributed by atoms with Crippen molar-refractivity contribution >= 4 is 12.4 Å². The Balaban J connectivity index is 0.000000845. The molecule has 0 atom stereocenters. The van der Waals surface area contributed by atoms with Crippen molar-refractivity contribution in [2.75, 3.05) is 13.2 Å². The minimum Gasteiger partial charge on any atom is -0.508 e. The predicted molar refractivity (Wildman–Crippen MR) is 52.6 cm³/mol. The Bertz CT molecular complexity index is 291. The van der Waals surface area contributed by atoms with Crippen LogP contribution < -0.4 is 10.1 Å². The summed E-state index contributed by atoms with van der Waals surface area (Å²) in [5.41, 5.74) is 1.02. The molecule has 1 aliphatic heterocycles. The third-order valence-corrected chi connectivity index (χ3v) is 1.90. The van der Waals surface area contributed by atoms with Crippen LogP contribution in [0, 0.1) is 0 Å². The molecule has 0 bridgehead atoms. The van der Waals surface area contributed by atoms with E-state index in [1.165, 1.54) is 0 Å². The van der Waals surface area contributed by atoms with Crippen LogP contribution in [-0.2, 0) is 6.54 Å². The molecule has 1 aromatic carbocycles. The molecule has 0 unspecified atom stereocenters. The highest BCUT2D eigenvalue weighted by Crippen LogP contribution is 2.24. The van der Waals surface area contributed by atoms with Gasteiger partial charge < -0.3 is 15.2 Å². The van der Waals surface area contributed by atoms with Crippen LogP contribution in [0.5, 0.6) is 11.5 Å². The van der Waals surface area contributed by atoms with Crippen LogP contribution in [0.15, 0.2) is 18.2 Å². The zero-order chi connectivity index (χ0) is 8.39. The van der Waals surface area contributed by atoms with Crippen molar-refractivity contribution in [2.24, 2.45) is 0 Å². The average molecular weight is 202 g/mol. The topological polar surface area (TPSA) is 41.5 Å². The number of benzene rings is 1. The first-order chi connectivity index (χ1) is 5.86. The molecule has 0 fully saturated rings. The quantitative estimate of drug-likeness (QED) is 0.665. The number of aromatic hydroxyl groups is 1. The highest BCUT2D eigenvalue weighted by molar-refractivity contribution is 5.85. The lowest BCUT2D eigenvalue weighted by atomic mass is 10.2. The summed E-state index contributed by atoms with van der Waals surface area (Å²) in [4.78, 5) is 0. The minimum absolute atomic E-state index is 0. The van der Waals surface area contributed by atoms with Crippen molar-refractivity contribution in [1.29, 1.82) is 0 Å². The number of fused-ring (bicyclic) bond motifs is 1. The summed E-state index contributed by atoms with van der Waals surface area (Å²) >= 11 is 0. The molecule has 0 saturated heterocycles. The number of nitrogens with one attached hydrogen (secondary N) is 1. The third kappa shape index (κ3) is 2.26. The van der Waals surface area contributed by atoms with E-state index in [0.29, 0.717) is 12.4 Å². The first-order valence-corrected chi connectivity index (χ1v) is 4.02. The van der Waals surface area contributed by atoms with E-state index in [-0.39, 0.29) is 12.4 Å². The predicted octanol–water partition coefficient (Wildman–Crippen LogP) is 1.30. The summed E-state index contributed by atoms with van der Waals surface area (Å²) in [6, 6.07) is 5.18. The van der Waals surface area contributed by atoms with Gasteiger partial charge in [-0.05, 0) is 18.2 Å². The molecule has 4 heteroatoms. The summed E-state index contributed by atoms with van der Waals surface area (Å²) in [6.45, 7) is 2.32. The van der Waals surface area contributed by atoms with E-state index < -0.39 is 0 Å². The number of ether oxygens (including phenoxy) is 1. The van der Waals surface area contributed by atoms with E-state index >= 15 is 0 Å². The van der Waals surface area contributed by atoms with Gasteiger partial charge in [-0.3, -0.25) is 0 Å². The van der Waals surface area contributed by atoms with Gasteiger partial charge in [0.25, 0.3) is 0 Å². The lowest BCUT2D eigenvalue weighted by Gasteiger charge is -2.05. The fourth-order valence-corrected chi connectivity index (χ4v) is 1.30. The van der Waals surface area contributed by atoms with E-state index in [1.807, 2.05) is 0 Å². The first kappa shape index (κ1) is 10.2. The second kappa shape index (κ2) is 4.35. The Kier molecular flexibility index (Phi) is 3.39. The number of hydrogen-bond donors (Lipinski definition) is 2. The Morgan fingerprint density at radius 1 is 1.38 bits per heavy atom. The average Bonchev–Trinajstić information content (AvgIpc) is 2.28. The van der Waals surface area contributed by atoms with Gasteiger partial charge in [-0.25, -0.2) is 0 Å². The zero-order valence-corrected chi connectivity index (χ0v) is 7.93. The van der Waals surface area contributed by atoms with Crippen molar-refractivity contribution in [3.63, 3.8) is 0 Å². The van der Waals surface area contributed by atoms with Gasteiger partial charge in [-0.2, -0.15) is 0 Å². The molecule has 0 spiro atoms. The summed E-state index contributed by atoms with van der Waals surface area (Å²) in [7, 11) is 0. The van der Waals surface area contributed by atoms with Gasteiger partial charge >= 0.3 is 0 Å². The van der Waals surface area contributed by atoms with Crippen molar-refractivity contribution in [1.82, 2.24) is 5.32 Å². The van der Waals surface area contributed by atoms with E-state index in [9.17, 15) is 5.11 Å². The smallest absolute Gasteiger partial charge is 0.124 e. The molecule has 1 aliphatic rings. The van der Waals surface area contributed by atoms with Crippen LogP contribution in [0.1, 0.15) is 5.56 Å². The Morgan fingerprint density at radius 3 is 3.08 bits per heavy atom. The Hall–Kier alpha value is -0.930. The number of phenols is 1. The van der Waals surface area contributed by atoms with Gasteiger partial charge in [-0.15, -0.1) is 12.4 Å². The van der Waals surface area contributed by atoms with Gasteiger partial charge in [-0.1, -0.05) is 0 Å². The Labute approximate surface area is 83.1 Å². The molecule has 72 valence electrons. The maximum absolute atomic E-state index is 9.20. The fourth-order valence-electron chi connectivity index (χ4n) is 1.30. The van der Waals surface area contributed by atoms with Crippen molar-refractivity contribution in [3.8, 4) is 11.5 Å². The second-order valence-electron chi connectivity index (χ2n) is 2.82. The molecular weight excluding hydrogens is 190 g/mol. The van der Waals surface area contributed by atoms with Crippen LogP contribution in [0.2, 0.25) is 0 Å². The van der Waals surface area contributed by atoms with Crippen LogP contribution in [0.4, 0.5) is 0 Å². The molecule has 1 heterocycles. The molecule has 0 aliphatic carbocycles. The van der Waals surface area contributed by atoms with Crippen molar-refractivity contribution < 1.29 is 9.84 Å². The van der Waals surface area contributed by atoms with Gasteiger partial charge in [0.05, 0.1) is 0 Å². The summed E-state index contributed by atoms with van der Waals surface area (Å²) < 4.78 is 5.43. The number of hydrogen-bond acceptors (Lipinski definition) is 3. The van der Waals surface area contributed by atoms with Crippen LogP contribution in [0.3, 0.4) is 0 Å². The lowest BCUT2D eigenvalue weighted by molar-refractivity contribution is 0.325. The van der Waals surface area contributed by atoms with E-state index in [0.717, 1.165) is 24.4 Å². The van der Waals surface area contributed by atoms with Gasteiger partial charge in [0.2, 0.25) is 0 Å². The van der Waals surface area contributed by atoms with Crippen LogP contribution in [-0.4, -0.2) is 18.3 Å². The van der Waals surface area contributed by atoms with Crippen LogP contribution in [0.25, 0.3) is 0 Å². The van der Waals surface area contributed by atoms with Crippen molar-refractivity contribution in [3.05, 3.63) is 23.8 Å². The molecule has 0 radical (unpaired) electrons. The highest BCUT2D eigenvalue weighted by Gasteiger charge is 2.07. The Morgan fingerprint density at radius 2 is 2.23 bits per heavy atom. The van der Waals surface area contributed by atoms with Gasteiger partial charge in [0.15, 0.2) is 0 Å². The standard InChI is InChI=1S/C9H11NO2.ClH/c11-8-1-2-9-7(5-8)6-10-3-4-12-9;/h1-2,5,10-11H,3-4,6H2;1H. The minimum atomic E-state index is 0. The second-order valence-corrected chi connectivity index (χ2v) is 2.82. The maximum atomic E-state index is 9.20. The van der Waals surface area contributed by atoms with E-state index in [1.54, 1.807) is 18.2 Å². The molecule has 2 rings (SSSR count). The molecule has 0 amide bonds. The summed E-state index contributed by atoms with van der Waals surface area (Å²) in [6.07, 6.45) is 0. The number of halogens is 1. The summed E-state index contributed by atoms with van der Waals surface area (Å²) in [5, 5.41) is 12.4. The van der Waals surface area contributed by atoms with E-state index in [4.69, 9.17) is 4.74 Å². The fraction of sp³-hybridized carbons (Fsp3) is 0.333. The molecule has 0 aromatic heterocycles. The van der Waals surface area contributed by atoms with Gasteiger partial charge in [0, 0.05) is 18.7 Å². The maximum Gasteiger partial charge on any atom is 0.124 e. The SMILES string of the molecule is Cl.Oc1ccc2c(c1)CNCCO2. The molecule has 2 N–H and O–H groups in total. The molecule has 3 nitrogen and oxygen atoms in total. The normalized spacial score (nSPS) is 14.8. The summed E-state index contributed by atoms with van der Waals surface area (Å²) in [5.74, 6) is 1.17. The molecule has 13 heavy (non-hydrogen) atoms. The lowest BCUT2D eigenvalue weighted by Crippen LogP contribution is -2.16. The first-order valence-electron chi connectivity index (χ1n) is 4.02. The number of rotatable bonds is 0. The molecule has 0 saturated carbocycles. The van der Waals surface area contributed by atoms with Crippen molar-refractivity contribution in [2.45, 2.75) is 6.54 Å².